The quantitative estimate of drug-likeness (QED) is 0.742. The Hall–Kier alpha value is -2.57. The molecule has 3 aromatic rings. The molecule has 0 spiro atoms. The first-order valence-electron chi connectivity index (χ1n) is 7.31. The van der Waals surface area contributed by atoms with E-state index in [4.69, 9.17) is 27.9 Å². The van der Waals surface area contributed by atoms with E-state index in [9.17, 15) is 4.79 Å². The highest BCUT2D eigenvalue weighted by molar-refractivity contribution is 6.35. The predicted molar refractivity (Wildman–Crippen MR) is 97.1 cm³/mol. The van der Waals surface area contributed by atoms with E-state index >= 15 is 0 Å². The lowest BCUT2D eigenvalue weighted by Crippen LogP contribution is -2.15. The van der Waals surface area contributed by atoms with Crippen molar-refractivity contribution in [1.82, 2.24) is 14.8 Å². The number of hydrogen-bond donors (Lipinski definition) is 1. The molecule has 0 radical (unpaired) electrons. The molecule has 8 heteroatoms. The molecule has 128 valence electrons. The summed E-state index contributed by atoms with van der Waals surface area (Å²) < 4.78 is 6.61. The molecule has 0 unspecified atom stereocenters. The van der Waals surface area contributed by atoms with Crippen LogP contribution >= 0.6 is 23.2 Å². The first-order valence-corrected chi connectivity index (χ1v) is 8.07. The second-order valence-corrected chi connectivity index (χ2v) is 6.07. The fourth-order valence-electron chi connectivity index (χ4n) is 2.27. The highest BCUT2D eigenvalue weighted by atomic mass is 35.5. The van der Waals surface area contributed by atoms with Gasteiger partial charge < -0.3 is 10.1 Å². The Balaban J connectivity index is 1.94. The van der Waals surface area contributed by atoms with Crippen molar-refractivity contribution in [3.05, 3.63) is 63.9 Å². The molecule has 3 rings (SSSR count). The van der Waals surface area contributed by atoms with Crippen molar-refractivity contribution in [2.24, 2.45) is 0 Å². The third kappa shape index (κ3) is 3.75. The van der Waals surface area contributed by atoms with E-state index in [1.807, 2.05) is 6.92 Å². The largest absolute Gasteiger partial charge is 0.497 e. The van der Waals surface area contributed by atoms with E-state index in [1.165, 1.54) is 10.9 Å². The van der Waals surface area contributed by atoms with Crippen molar-refractivity contribution < 1.29 is 9.53 Å². The molecule has 0 aliphatic rings. The number of ether oxygens (including phenoxy) is 1. The predicted octanol–water partition coefficient (Wildman–Crippen LogP) is 4.14. The van der Waals surface area contributed by atoms with E-state index in [0.29, 0.717) is 38.7 Å². The highest BCUT2D eigenvalue weighted by Gasteiger charge is 2.16. The van der Waals surface area contributed by atoms with Crippen LogP contribution in [0.4, 0.5) is 5.82 Å². The second-order valence-electron chi connectivity index (χ2n) is 5.23. The number of rotatable bonds is 4. The standard InChI is InChI=1S/C17H14Cl2N4O2/c1-10-6-15(21-17(24)11-4-3-5-13(7-11)25-2)23(22-10)16-14(19)8-12(18)9-20-16/h3-9H,1-2H3,(H,21,24). The van der Waals surface area contributed by atoms with Gasteiger partial charge in [0.1, 0.15) is 11.6 Å². The maximum Gasteiger partial charge on any atom is 0.256 e. The maximum absolute atomic E-state index is 12.5. The summed E-state index contributed by atoms with van der Waals surface area (Å²) in [6.07, 6.45) is 1.47. The zero-order valence-electron chi connectivity index (χ0n) is 13.5. The van der Waals surface area contributed by atoms with Gasteiger partial charge in [-0.2, -0.15) is 9.78 Å². The zero-order chi connectivity index (χ0) is 18.0. The molecule has 2 aromatic heterocycles. The second kappa shape index (κ2) is 7.13. The summed E-state index contributed by atoms with van der Waals surface area (Å²) in [5.41, 5.74) is 1.16. The molecule has 1 amide bonds. The van der Waals surface area contributed by atoms with Crippen molar-refractivity contribution in [3.63, 3.8) is 0 Å². The molecule has 0 aliphatic carbocycles. The Bertz CT molecular complexity index is 940. The van der Waals surface area contributed by atoms with Crippen LogP contribution in [-0.4, -0.2) is 27.8 Å². The summed E-state index contributed by atoms with van der Waals surface area (Å²) in [6, 6.07) is 10.1. The summed E-state index contributed by atoms with van der Waals surface area (Å²) in [5, 5.41) is 7.90. The average Bonchev–Trinajstić information content (AvgIpc) is 2.95. The molecule has 0 atom stereocenters. The Kier molecular flexibility index (Phi) is 4.92. The highest BCUT2D eigenvalue weighted by Crippen LogP contribution is 2.25. The van der Waals surface area contributed by atoms with E-state index in [2.05, 4.69) is 15.4 Å². The number of amides is 1. The summed E-state index contributed by atoms with van der Waals surface area (Å²) in [7, 11) is 1.55. The van der Waals surface area contributed by atoms with Gasteiger partial charge in [0.25, 0.3) is 5.91 Å². The summed E-state index contributed by atoms with van der Waals surface area (Å²) in [4.78, 5) is 16.7. The van der Waals surface area contributed by atoms with Crippen LogP contribution < -0.4 is 10.1 Å². The van der Waals surface area contributed by atoms with Crippen LogP contribution in [-0.2, 0) is 0 Å². The number of hydrogen-bond acceptors (Lipinski definition) is 4. The minimum Gasteiger partial charge on any atom is -0.497 e. The van der Waals surface area contributed by atoms with Crippen LogP contribution in [0.2, 0.25) is 10.0 Å². The molecule has 0 aliphatic heterocycles. The lowest BCUT2D eigenvalue weighted by atomic mass is 10.2. The number of halogens is 2. The van der Waals surface area contributed by atoms with Gasteiger partial charge in [0.15, 0.2) is 5.82 Å². The number of aryl methyl sites for hydroxylation is 1. The van der Waals surface area contributed by atoms with Gasteiger partial charge in [-0.25, -0.2) is 4.98 Å². The number of nitrogens with one attached hydrogen (secondary N) is 1. The first-order chi connectivity index (χ1) is 12.0. The molecule has 0 saturated carbocycles. The van der Waals surface area contributed by atoms with E-state index in [1.54, 1.807) is 43.5 Å². The van der Waals surface area contributed by atoms with E-state index in [0.717, 1.165) is 0 Å². The van der Waals surface area contributed by atoms with Crippen molar-refractivity contribution in [3.8, 4) is 11.6 Å². The fourth-order valence-corrected chi connectivity index (χ4v) is 2.73. The van der Waals surface area contributed by atoms with E-state index in [-0.39, 0.29) is 5.91 Å². The smallest absolute Gasteiger partial charge is 0.256 e. The molecule has 2 heterocycles. The average molecular weight is 377 g/mol. The molecule has 1 aromatic carbocycles. The maximum atomic E-state index is 12.5. The molecule has 25 heavy (non-hydrogen) atoms. The van der Waals surface area contributed by atoms with Crippen molar-refractivity contribution >= 4 is 34.9 Å². The van der Waals surface area contributed by atoms with Crippen LogP contribution in [0, 0.1) is 6.92 Å². The Morgan fingerprint density at radius 3 is 2.76 bits per heavy atom. The summed E-state index contributed by atoms with van der Waals surface area (Å²) in [6.45, 7) is 1.81. The van der Waals surface area contributed by atoms with Crippen LogP contribution in [0.5, 0.6) is 5.75 Å². The lowest BCUT2D eigenvalue weighted by Gasteiger charge is -2.10. The van der Waals surface area contributed by atoms with Crippen molar-refractivity contribution in [2.75, 3.05) is 12.4 Å². The summed E-state index contributed by atoms with van der Waals surface area (Å²) >= 11 is 12.1. The van der Waals surface area contributed by atoms with Crippen LogP contribution in [0.1, 0.15) is 16.1 Å². The monoisotopic (exact) mass is 376 g/mol. The van der Waals surface area contributed by atoms with Gasteiger partial charge in [0.2, 0.25) is 0 Å². The lowest BCUT2D eigenvalue weighted by molar-refractivity contribution is 0.102. The molecular formula is C17H14Cl2N4O2. The normalized spacial score (nSPS) is 10.6. The number of carbonyl (C=O) groups is 1. The Morgan fingerprint density at radius 1 is 1.24 bits per heavy atom. The van der Waals surface area contributed by atoms with Gasteiger partial charge in [-0.05, 0) is 31.2 Å². The topological polar surface area (TPSA) is 69.0 Å². The third-order valence-electron chi connectivity index (χ3n) is 3.39. The molecule has 6 nitrogen and oxygen atoms in total. The Labute approximate surface area is 154 Å². The van der Waals surface area contributed by atoms with Crippen molar-refractivity contribution in [2.45, 2.75) is 6.92 Å². The molecule has 1 N–H and O–H groups in total. The number of aromatic nitrogens is 3. The van der Waals surface area contributed by atoms with Crippen LogP contribution in [0.15, 0.2) is 42.6 Å². The molecule has 0 saturated heterocycles. The minimum atomic E-state index is -0.301. The van der Waals surface area contributed by atoms with Gasteiger partial charge in [-0.1, -0.05) is 29.3 Å². The van der Waals surface area contributed by atoms with Gasteiger partial charge in [0, 0.05) is 17.8 Å². The van der Waals surface area contributed by atoms with Crippen molar-refractivity contribution in [1.29, 1.82) is 0 Å². The number of benzene rings is 1. The number of nitrogens with zero attached hydrogens (tertiary/aromatic N) is 3. The fraction of sp³-hybridized carbons (Fsp3) is 0.118. The van der Waals surface area contributed by atoms with Gasteiger partial charge >= 0.3 is 0 Å². The molecular weight excluding hydrogens is 363 g/mol. The van der Waals surface area contributed by atoms with Crippen LogP contribution in [0.25, 0.3) is 5.82 Å². The number of anilines is 1. The Morgan fingerprint density at radius 2 is 2.04 bits per heavy atom. The number of carbonyl (C=O) groups excluding carboxylic acids is 1. The van der Waals surface area contributed by atoms with Gasteiger partial charge in [-0.15, -0.1) is 0 Å². The third-order valence-corrected chi connectivity index (χ3v) is 3.88. The zero-order valence-corrected chi connectivity index (χ0v) is 15.0. The van der Waals surface area contributed by atoms with E-state index < -0.39 is 0 Å². The molecule has 0 fully saturated rings. The molecule has 0 bridgehead atoms. The SMILES string of the molecule is COc1cccc(C(=O)Nc2cc(C)nn2-c2ncc(Cl)cc2Cl)c1. The van der Waals surface area contributed by atoms with Crippen LogP contribution in [0.3, 0.4) is 0 Å². The number of pyridine rings is 1. The minimum absolute atomic E-state index is 0.301. The van der Waals surface area contributed by atoms with Gasteiger partial charge in [0.05, 0.1) is 22.8 Å². The first kappa shape index (κ1) is 17.3. The number of methoxy groups -OCH3 is 1. The summed E-state index contributed by atoms with van der Waals surface area (Å²) in [5.74, 6) is 1.12. The van der Waals surface area contributed by atoms with Gasteiger partial charge in [-0.3, -0.25) is 4.79 Å².